The number of benzene rings is 8. The highest BCUT2D eigenvalue weighted by molar-refractivity contribution is 6.26. The van der Waals surface area contributed by atoms with Crippen molar-refractivity contribution in [1.29, 1.82) is 0 Å². The van der Waals surface area contributed by atoms with Crippen LogP contribution in [0.4, 0.5) is 0 Å². The van der Waals surface area contributed by atoms with Crippen LogP contribution in [0.15, 0.2) is 194 Å². The Kier molecular flexibility index (Phi) is 6.82. The summed E-state index contributed by atoms with van der Waals surface area (Å²) < 4.78 is 4.85. The summed E-state index contributed by atoms with van der Waals surface area (Å²) in [6.07, 6.45) is 0. The van der Waals surface area contributed by atoms with Crippen LogP contribution in [0.5, 0.6) is 0 Å². The van der Waals surface area contributed by atoms with Gasteiger partial charge in [0.15, 0.2) is 0 Å². The number of hydrogen-bond acceptors (Lipinski definition) is 2. The van der Waals surface area contributed by atoms with Gasteiger partial charge in [0.1, 0.15) is 0 Å². The van der Waals surface area contributed by atoms with E-state index in [1.807, 2.05) is 12.1 Å². The molecule has 0 bridgehead atoms. The molecule has 0 saturated carbocycles. The van der Waals surface area contributed by atoms with Gasteiger partial charge in [-0.3, -0.25) is 0 Å². The van der Waals surface area contributed by atoms with Gasteiger partial charge in [0, 0.05) is 49.6 Å². The van der Waals surface area contributed by atoms with Gasteiger partial charge < -0.3 is 9.13 Å². The van der Waals surface area contributed by atoms with E-state index in [0.29, 0.717) is 0 Å². The molecule has 0 saturated heterocycles. The molecule has 0 atom stereocenters. The van der Waals surface area contributed by atoms with Crippen LogP contribution >= 0.6 is 0 Å². The van der Waals surface area contributed by atoms with Crippen molar-refractivity contribution in [1.82, 2.24) is 19.1 Å². The smallest absolute Gasteiger partial charge is 0.0973 e. The summed E-state index contributed by atoms with van der Waals surface area (Å²) in [4.78, 5) is 10.7. The normalized spacial score (nSPS) is 11.7. The zero-order valence-electron chi connectivity index (χ0n) is 29.3. The maximum Gasteiger partial charge on any atom is 0.0973 e. The van der Waals surface area contributed by atoms with Crippen LogP contribution in [-0.4, -0.2) is 19.1 Å². The lowest BCUT2D eigenvalue weighted by molar-refractivity contribution is 1.17. The van der Waals surface area contributed by atoms with E-state index in [1.165, 1.54) is 38.1 Å². The largest absolute Gasteiger partial charge is 0.309 e. The third kappa shape index (κ3) is 4.64. The van der Waals surface area contributed by atoms with Crippen LogP contribution in [0, 0.1) is 0 Å². The van der Waals surface area contributed by atoms with Crippen molar-refractivity contribution in [2.75, 3.05) is 0 Å². The quantitative estimate of drug-likeness (QED) is 0.180. The number of aromatic nitrogens is 4. The van der Waals surface area contributed by atoms with Gasteiger partial charge in [0.05, 0.1) is 44.5 Å². The van der Waals surface area contributed by atoms with Crippen molar-refractivity contribution >= 4 is 54.6 Å². The number of hydrogen-bond donors (Lipinski definition) is 0. The molecule has 11 aromatic rings. The lowest BCUT2D eigenvalue weighted by Crippen LogP contribution is -1.98. The lowest BCUT2D eigenvalue weighted by Gasteiger charge is -2.14. The van der Waals surface area contributed by atoms with Gasteiger partial charge in [0.2, 0.25) is 0 Å². The van der Waals surface area contributed by atoms with Gasteiger partial charge in [-0.15, -0.1) is 0 Å². The molecule has 0 spiro atoms. The van der Waals surface area contributed by atoms with Crippen LogP contribution < -0.4 is 0 Å². The second-order valence-electron chi connectivity index (χ2n) is 13.8. The van der Waals surface area contributed by atoms with Crippen molar-refractivity contribution in [2.24, 2.45) is 0 Å². The minimum atomic E-state index is 0.865. The molecule has 252 valence electrons. The summed E-state index contributed by atoms with van der Waals surface area (Å²) in [5.74, 6) is 0. The Morgan fingerprint density at radius 2 is 0.926 bits per heavy atom. The fraction of sp³-hybridized carbons (Fsp3) is 0. The average molecular weight is 689 g/mol. The highest BCUT2D eigenvalue weighted by Crippen LogP contribution is 2.42. The zero-order chi connectivity index (χ0) is 35.6. The van der Waals surface area contributed by atoms with E-state index in [-0.39, 0.29) is 0 Å². The SMILES string of the molecule is c1ccc(-c2nc3cccc(-c4cccc(-n5c6ccccc6c6c5ccc5c7ccccc7n(-c7ccccc7)c56)c4)c3nc2-c2ccccc2)cc1. The van der Waals surface area contributed by atoms with Gasteiger partial charge in [-0.2, -0.15) is 0 Å². The second-order valence-corrected chi connectivity index (χ2v) is 13.8. The van der Waals surface area contributed by atoms with Crippen molar-refractivity contribution in [2.45, 2.75) is 0 Å². The Morgan fingerprint density at radius 1 is 0.352 bits per heavy atom. The first kappa shape index (κ1) is 30.3. The van der Waals surface area contributed by atoms with Gasteiger partial charge in [-0.25, -0.2) is 9.97 Å². The van der Waals surface area contributed by atoms with Gasteiger partial charge in [0.25, 0.3) is 0 Å². The maximum absolute atomic E-state index is 5.41. The topological polar surface area (TPSA) is 35.6 Å². The molecular weight excluding hydrogens is 657 g/mol. The molecule has 4 nitrogen and oxygen atoms in total. The first-order valence-corrected chi connectivity index (χ1v) is 18.3. The van der Waals surface area contributed by atoms with Crippen molar-refractivity contribution in [3.8, 4) is 45.0 Å². The Balaban J connectivity index is 1.16. The molecule has 0 radical (unpaired) electrons. The van der Waals surface area contributed by atoms with E-state index in [4.69, 9.17) is 9.97 Å². The fourth-order valence-corrected chi connectivity index (χ4v) is 8.35. The van der Waals surface area contributed by atoms with Crippen molar-refractivity contribution in [3.63, 3.8) is 0 Å². The first-order chi connectivity index (χ1) is 26.8. The Hall–Kier alpha value is -7.30. The van der Waals surface area contributed by atoms with Crippen molar-refractivity contribution < 1.29 is 0 Å². The van der Waals surface area contributed by atoms with E-state index in [0.717, 1.165) is 61.6 Å². The van der Waals surface area contributed by atoms with Crippen LogP contribution in [0.25, 0.3) is 99.7 Å². The molecule has 8 aromatic carbocycles. The Morgan fingerprint density at radius 3 is 1.67 bits per heavy atom. The lowest BCUT2D eigenvalue weighted by atomic mass is 10.0. The third-order valence-electron chi connectivity index (χ3n) is 10.7. The molecule has 54 heavy (non-hydrogen) atoms. The van der Waals surface area contributed by atoms with E-state index in [1.54, 1.807) is 0 Å². The van der Waals surface area contributed by atoms with Crippen LogP contribution in [0.1, 0.15) is 0 Å². The first-order valence-electron chi connectivity index (χ1n) is 18.3. The van der Waals surface area contributed by atoms with E-state index < -0.39 is 0 Å². The van der Waals surface area contributed by atoms with E-state index >= 15 is 0 Å². The highest BCUT2D eigenvalue weighted by atomic mass is 15.0. The molecule has 0 aliphatic carbocycles. The van der Waals surface area contributed by atoms with Crippen molar-refractivity contribution in [3.05, 3.63) is 194 Å². The number of rotatable bonds is 5. The Labute approximate surface area is 311 Å². The summed E-state index contributed by atoms with van der Waals surface area (Å²) in [5.41, 5.74) is 14.7. The van der Waals surface area contributed by atoms with Crippen LogP contribution in [0.3, 0.4) is 0 Å². The molecule has 0 N–H and O–H groups in total. The minimum absolute atomic E-state index is 0.865. The summed E-state index contributed by atoms with van der Waals surface area (Å²) in [5, 5.41) is 4.96. The molecule has 0 amide bonds. The van der Waals surface area contributed by atoms with Crippen LogP contribution in [-0.2, 0) is 0 Å². The summed E-state index contributed by atoms with van der Waals surface area (Å²) >= 11 is 0. The summed E-state index contributed by atoms with van der Waals surface area (Å²) in [7, 11) is 0. The molecule has 0 unspecified atom stereocenters. The molecular formula is C50H32N4. The summed E-state index contributed by atoms with van der Waals surface area (Å²) in [6.45, 7) is 0. The fourth-order valence-electron chi connectivity index (χ4n) is 8.35. The predicted molar refractivity (Wildman–Crippen MR) is 225 cm³/mol. The maximum atomic E-state index is 5.41. The van der Waals surface area contributed by atoms with E-state index in [9.17, 15) is 0 Å². The molecule has 0 aliphatic rings. The highest BCUT2D eigenvalue weighted by Gasteiger charge is 2.21. The molecule has 11 rings (SSSR count). The molecule has 0 fully saturated rings. The zero-order valence-corrected chi connectivity index (χ0v) is 29.3. The number of fused-ring (bicyclic) bond motifs is 8. The van der Waals surface area contributed by atoms with Gasteiger partial charge in [-0.05, 0) is 54.1 Å². The molecule has 3 heterocycles. The predicted octanol–water partition coefficient (Wildman–Crippen LogP) is 12.8. The van der Waals surface area contributed by atoms with Gasteiger partial charge in [-0.1, -0.05) is 146 Å². The van der Waals surface area contributed by atoms with Crippen LogP contribution in [0.2, 0.25) is 0 Å². The molecule has 0 aliphatic heterocycles. The minimum Gasteiger partial charge on any atom is -0.309 e. The number of nitrogens with zero attached hydrogens (tertiary/aromatic N) is 4. The monoisotopic (exact) mass is 688 g/mol. The Bertz CT molecular complexity index is 3200. The third-order valence-corrected chi connectivity index (χ3v) is 10.7. The van der Waals surface area contributed by atoms with Gasteiger partial charge >= 0.3 is 0 Å². The van der Waals surface area contributed by atoms with E-state index in [2.05, 4.69) is 191 Å². The molecule has 3 aromatic heterocycles. The number of para-hydroxylation sites is 4. The second kappa shape index (κ2) is 12.1. The summed E-state index contributed by atoms with van der Waals surface area (Å²) in [6, 6.07) is 68.8. The molecule has 4 heteroatoms. The average Bonchev–Trinajstić information content (AvgIpc) is 3.77. The standard InChI is InChI=1S/C50H32N4/c1-4-16-33(17-5-1)47-48(34-18-6-2-7-19-34)52-49-38(26-15-27-42(49)51-47)35-20-14-23-37(32-35)53-44-29-13-11-25-41(44)46-45(53)31-30-40-39-24-10-12-28-43(39)54(50(40)46)36-21-8-3-9-22-36/h1-32H.